The Hall–Kier alpha value is -0.700. The second-order valence-electron chi connectivity index (χ2n) is 3.29. The van der Waals surface area contributed by atoms with E-state index in [0.717, 1.165) is 25.3 Å². The van der Waals surface area contributed by atoms with Gasteiger partial charge in [-0.1, -0.05) is 0 Å². The Bertz CT molecular complexity index is 161. The number of likely N-dealkylation sites (N-methyl/N-ethyl adjacent to an activating group) is 1. The molecule has 0 bridgehead atoms. The van der Waals surface area contributed by atoms with Gasteiger partial charge in [-0.2, -0.15) is 0 Å². The van der Waals surface area contributed by atoms with Gasteiger partial charge in [0.1, 0.15) is 0 Å². The van der Waals surface area contributed by atoms with Crippen molar-refractivity contribution in [1.29, 1.82) is 0 Å². The van der Waals surface area contributed by atoms with Gasteiger partial charge in [-0.15, -0.1) is 0 Å². The normalized spacial score (nSPS) is 18.8. The van der Waals surface area contributed by atoms with Gasteiger partial charge in [-0.3, -0.25) is 0 Å². The van der Waals surface area contributed by atoms with Crippen LogP contribution in [-0.4, -0.2) is 32.1 Å². The molecule has 1 aliphatic rings. The second-order valence-corrected chi connectivity index (χ2v) is 3.29. The van der Waals surface area contributed by atoms with Gasteiger partial charge in [0.05, 0.1) is 5.82 Å². The standard InChI is InChI=1S/C8H17N3/c1-11(2)6-7-4-3-5-10-8(7)9/h10H,3-6,9H2,1-2H3. The molecule has 3 nitrogen and oxygen atoms in total. The summed E-state index contributed by atoms with van der Waals surface area (Å²) in [4.78, 5) is 2.15. The summed E-state index contributed by atoms with van der Waals surface area (Å²) in [7, 11) is 4.13. The predicted molar refractivity (Wildman–Crippen MR) is 47.0 cm³/mol. The first kappa shape index (κ1) is 8.40. The minimum absolute atomic E-state index is 0.893. The van der Waals surface area contributed by atoms with E-state index in [2.05, 4.69) is 24.3 Å². The van der Waals surface area contributed by atoms with E-state index in [1.807, 2.05) is 0 Å². The molecule has 0 fully saturated rings. The summed E-state index contributed by atoms with van der Waals surface area (Å²) < 4.78 is 0. The minimum atomic E-state index is 0.893. The highest BCUT2D eigenvalue weighted by molar-refractivity contribution is 5.13. The van der Waals surface area contributed by atoms with Crippen molar-refractivity contribution >= 4 is 0 Å². The molecular formula is C8H17N3. The predicted octanol–water partition coefficient (Wildman–Crippen LogP) is 0.102. The van der Waals surface area contributed by atoms with Crippen molar-refractivity contribution in [2.45, 2.75) is 12.8 Å². The molecule has 0 unspecified atom stereocenters. The molecule has 3 heteroatoms. The summed E-state index contributed by atoms with van der Waals surface area (Å²) in [6, 6.07) is 0. The van der Waals surface area contributed by atoms with Crippen molar-refractivity contribution in [3.05, 3.63) is 11.4 Å². The minimum Gasteiger partial charge on any atom is -0.386 e. The molecule has 0 spiro atoms. The maximum atomic E-state index is 5.77. The third-order valence-corrected chi connectivity index (χ3v) is 1.86. The lowest BCUT2D eigenvalue weighted by Gasteiger charge is -2.21. The number of nitrogens with two attached hydrogens (primary N) is 1. The van der Waals surface area contributed by atoms with Crippen LogP contribution in [0.15, 0.2) is 11.4 Å². The van der Waals surface area contributed by atoms with E-state index >= 15 is 0 Å². The maximum Gasteiger partial charge on any atom is 0.0964 e. The first-order chi connectivity index (χ1) is 5.20. The Morgan fingerprint density at radius 3 is 2.82 bits per heavy atom. The quantitative estimate of drug-likeness (QED) is 0.594. The lowest BCUT2D eigenvalue weighted by Crippen LogP contribution is -2.31. The zero-order chi connectivity index (χ0) is 8.27. The average Bonchev–Trinajstić information content (AvgIpc) is 1.93. The van der Waals surface area contributed by atoms with Crippen LogP contribution in [0.4, 0.5) is 0 Å². The van der Waals surface area contributed by atoms with Gasteiger partial charge in [0.25, 0.3) is 0 Å². The van der Waals surface area contributed by atoms with E-state index < -0.39 is 0 Å². The Morgan fingerprint density at radius 2 is 2.27 bits per heavy atom. The van der Waals surface area contributed by atoms with Gasteiger partial charge in [0, 0.05) is 13.1 Å². The van der Waals surface area contributed by atoms with Gasteiger partial charge >= 0.3 is 0 Å². The van der Waals surface area contributed by atoms with Crippen LogP contribution in [0, 0.1) is 0 Å². The molecular weight excluding hydrogens is 138 g/mol. The van der Waals surface area contributed by atoms with Crippen LogP contribution in [0.25, 0.3) is 0 Å². The largest absolute Gasteiger partial charge is 0.386 e. The molecule has 0 aliphatic carbocycles. The molecule has 64 valence electrons. The summed E-state index contributed by atoms with van der Waals surface area (Å²) in [6.45, 7) is 2.02. The van der Waals surface area contributed by atoms with Gasteiger partial charge in [-0.05, 0) is 32.5 Å². The SMILES string of the molecule is CN(C)CC1=C(N)NCCC1. The number of hydrogen-bond donors (Lipinski definition) is 2. The molecule has 0 saturated carbocycles. The Labute approximate surface area is 68.2 Å². The first-order valence-corrected chi connectivity index (χ1v) is 4.06. The topological polar surface area (TPSA) is 41.3 Å². The molecule has 11 heavy (non-hydrogen) atoms. The van der Waals surface area contributed by atoms with Gasteiger partial charge in [0.2, 0.25) is 0 Å². The maximum absolute atomic E-state index is 5.77. The number of rotatable bonds is 2. The molecule has 0 aromatic rings. The zero-order valence-electron chi connectivity index (χ0n) is 7.35. The number of nitrogens with zero attached hydrogens (tertiary/aromatic N) is 1. The van der Waals surface area contributed by atoms with Gasteiger partial charge in [-0.25, -0.2) is 0 Å². The highest BCUT2D eigenvalue weighted by atomic mass is 15.1. The number of nitrogens with one attached hydrogen (secondary N) is 1. The summed E-state index contributed by atoms with van der Waals surface area (Å²) in [5, 5.41) is 3.17. The van der Waals surface area contributed by atoms with Crippen molar-refractivity contribution < 1.29 is 0 Å². The van der Waals surface area contributed by atoms with Crippen LogP contribution in [0.3, 0.4) is 0 Å². The summed E-state index contributed by atoms with van der Waals surface area (Å²) in [5.41, 5.74) is 7.12. The molecule has 0 saturated heterocycles. The Kier molecular flexibility index (Phi) is 2.76. The van der Waals surface area contributed by atoms with E-state index in [1.165, 1.54) is 12.0 Å². The molecule has 0 radical (unpaired) electrons. The fraction of sp³-hybridized carbons (Fsp3) is 0.750. The smallest absolute Gasteiger partial charge is 0.0964 e. The van der Waals surface area contributed by atoms with Crippen LogP contribution >= 0.6 is 0 Å². The van der Waals surface area contributed by atoms with Crippen molar-refractivity contribution in [3.8, 4) is 0 Å². The number of hydrogen-bond acceptors (Lipinski definition) is 3. The van der Waals surface area contributed by atoms with Gasteiger partial charge < -0.3 is 16.0 Å². The summed E-state index contributed by atoms with van der Waals surface area (Å²) in [6.07, 6.45) is 2.36. The third-order valence-electron chi connectivity index (χ3n) is 1.86. The summed E-state index contributed by atoms with van der Waals surface area (Å²) >= 11 is 0. The molecule has 0 aromatic heterocycles. The second kappa shape index (κ2) is 3.62. The lowest BCUT2D eigenvalue weighted by atomic mass is 10.1. The molecule has 0 amide bonds. The van der Waals surface area contributed by atoms with Crippen LogP contribution in [-0.2, 0) is 0 Å². The van der Waals surface area contributed by atoms with E-state index in [1.54, 1.807) is 0 Å². The van der Waals surface area contributed by atoms with E-state index in [9.17, 15) is 0 Å². The van der Waals surface area contributed by atoms with Crippen molar-refractivity contribution in [2.75, 3.05) is 27.2 Å². The fourth-order valence-corrected chi connectivity index (χ4v) is 1.33. The average molecular weight is 155 g/mol. The first-order valence-electron chi connectivity index (χ1n) is 4.06. The van der Waals surface area contributed by atoms with Gasteiger partial charge in [0.15, 0.2) is 0 Å². The monoisotopic (exact) mass is 155 g/mol. The molecule has 3 N–H and O–H groups in total. The highest BCUT2D eigenvalue weighted by Gasteiger charge is 2.09. The fourth-order valence-electron chi connectivity index (χ4n) is 1.33. The van der Waals surface area contributed by atoms with E-state index in [4.69, 9.17) is 5.73 Å². The molecule has 1 aliphatic heterocycles. The summed E-state index contributed by atoms with van der Waals surface area (Å²) in [5.74, 6) is 0.893. The Balaban J connectivity index is 2.52. The molecule has 0 aromatic carbocycles. The third kappa shape index (κ3) is 2.42. The zero-order valence-corrected chi connectivity index (χ0v) is 7.35. The molecule has 0 atom stereocenters. The molecule has 1 rings (SSSR count). The van der Waals surface area contributed by atoms with Crippen molar-refractivity contribution in [3.63, 3.8) is 0 Å². The lowest BCUT2D eigenvalue weighted by molar-refractivity contribution is 0.428. The van der Waals surface area contributed by atoms with E-state index in [-0.39, 0.29) is 0 Å². The molecule has 1 heterocycles. The van der Waals surface area contributed by atoms with E-state index in [0.29, 0.717) is 0 Å². The highest BCUT2D eigenvalue weighted by Crippen LogP contribution is 2.11. The van der Waals surface area contributed by atoms with Crippen LogP contribution in [0.1, 0.15) is 12.8 Å². The van der Waals surface area contributed by atoms with Crippen molar-refractivity contribution in [1.82, 2.24) is 10.2 Å². The van der Waals surface area contributed by atoms with Crippen molar-refractivity contribution in [2.24, 2.45) is 5.73 Å². The van der Waals surface area contributed by atoms with Crippen LogP contribution < -0.4 is 11.1 Å². The van der Waals surface area contributed by atoms with Crippen LogP contribution in [0.5, 0.6) is 0 Å². The Morgan fingerprint density at radius 1 is 1.55 bits per heavy atom. The van der Waals surface area contributed by atoms with Crippen LogP contribution in [0.2, 0.25) is 0 Å².